The summed E-state index contributed by atoms with van der Waals surface area (Å²) in [5.41, 5.74) is 3.74. The molecular weight excluding hydrogens is 1030 g/mol. The van der Waals surface area contributed by atoms with Gasteiger partial charge in [-0.3, -0.25) is 29.0 Å². The maximum Gasteiger partial charge on any atom is 0.278 e. The van der Waals surface area contributed by atoms with Gasteiger partial charge in [0.15, 0.2) is 5.60 Å². The minimum atomic E-state index is -4.93. The molecule has 4 atom stereocenters. The van der Waals surface area contributed by atoms with Crippen molar-refractivity contribution in [3.8, 4) is 0 Å². The minimum Gasteiger partial charge on any atom is -0.375 e. The molecule has 4 unspecified atom stereocenters. The van der Waals surface area contributed by atoms with Crippen LogP contribution in [0.15, 0.2) is 121 Å². The highest BCUT2D eigenvalue weighted by Gasteiger charge is 2.56. The van der Waals surface area contributed by atoms with Crippen molar-refractivity contribution >= 4 is 67.7 Å². The number of alkyl halides is 1. The number of anilines is 2. The third kappa shape index (κ3) is 9.78. The summed E-state index contributed by atoms with van der Waals surface area (Å²) in [6.07, 6.45) is 5.20. The lowest BCUT2D eigenvalue weighted by Crippen LogP contribution is -2.54. The van der Waals surface area contributed by atoms with Crippen LogP contribution in [0.2, 0.25) is 0 Å². The number of Topliss-reactive ketones (excluding diaryl/α,β-unsaturated/α-hetero) is 2. The van der Waals surface area contributed by atoms with E-state index < -0.39 is 28.5 Å². The second-order valence-corrected chi connectivity index (χ2v) is 23.9. The average Bonchev–Trinajstić information content (AvgIpc) is 4.20. The standard InChI is InChI=1S/C30H31FN2O2.C30H32N2O3.C4H10F3NS/c1-3-23(34)19-30(31)24-11-4-5-13-26(24)33(28(30)35)22-14-16-32(17-15-22)29(2)18-21-10-6-8-20-9-7-12-25(29)27(20)21;1-3-23(33)19-30(35)24-11-4-5-13-26(24)32(28(30)34)22-14-16-31(17-15-22)29(2)18-21-10-6-8-20-9-7-12-25(29)27(20)21;1-3-8(4-2)9(5,6)7/h4-13,22H,3,14-19H2,1-2H3;4-13,22,35H,3,14-19H2,1-2H3;3-4H2,1-2H3. The number of nitrogens with zero attached hydrogens (tertiary/aromatic N) is 5. The number of ketones is 2. The summed E-state index contributed by atoms with van der Waals surface area (Å²) in [6, 6.07) is 40.9. The summed E-state index contributed by atoms with van der Waals surface area (Å²) in [5.74, 6) is -1.24. The van der Waals surface area contributed by atoms with Gasteiger partial charge in [0.25, 0.3) is 23.2 Å². The van der Waals surface area contributed by atoms with Crippen LogP contribution in [0.5, 0.6) is 0 Å². The molecule has 0 saturated carbocycles. The number of aliphatic hydroxyl groups is 1. The molecule has 2 fully saturated rings. The fourth-order valence-corrected chi connectivity index (χ4v) is 14.6. The Bertz CT molecular complexity index is 3100. The van der Waals surface area contributed by atoms with Gasteiger partial charge in [-0.15, -0.1) is 11.7 Å². The van der Waals surface area contributed by atoms with Crippen molar-refractivity contribution in [1.29, 1.82) is 0 Å². The normalized spacial score (nSPS) is 25.1. The first-order valence-corrected chi connectivity index (χ1v) is 29.5. The van der Waals surface area contributed by atoms with Crippen molar-refractivity contribution in [2.75, 3.05) is 49.1 Å². The summed E-state index contributed by atoms with van der Waals surface area (Å²) < 4.78 is 51.9. The zero-order valence-corrected chi connectivity index (χ0v) is 47.1. The molecule has 6 aliphatic rings. The Balaban J connectivity index is 0.000000155. The largest absolute Gasteiger partial charge is 0.375 e. The van der Waals surface area contributed by atoms with E-state index in [1.807, 2.05) is 30.3 Å². The van der Waals surface area contributed by atoms with E-state index in [-0.39, 0.29) is 73.0 Å². The zero-order valence-electron chi connectivity index (χ0n) is 46.3. The number of carbonyl (C=O) groups is 4. The van der Waals surface area contributed by atoms with E-state index in [2.05, 4.69) is 96.4 Å². The molecule has 1 N–H and O–H groups in total. The lowest BCUT2D eigenvalue weighted by molar-refractivity contribution is -0.142. The lowest BCUT2D eigenvalue weighted by atomic mass is 9.87. The summed E-state index contributed by atoms with van der Waals surface area (Å²) in [5, 5.41) is 16.8. The summed E-state index contributed by atoms with van der Waals surface area (Å²) in [4.78, 5) is 60.2. The maximum atomic E-state index is 16.2. The molecule has 6 aromatic carbocycles. The molecule has 418 valence electrons. The van der Waals surface area contributed by atoms with Gasteiger partial charge in [0.05, 0.1) is 17.8 Å². The third-order valence-corrected chi connectivity index (χ3v) is 19.4. The number of rotatable bonds is 13. The van der Waals surface area contributed by atoms with Gasteiger partial charge in [-0.2, -0.15) is 4.31 Å². The number of hydrogen-bond donors (Lipinski definition) is 1. The van der Waals surface area contributed by atoms with Crippen LogP contribution in [0.25, 0.3) is 21.5 Å². The predicted molar refractivity (Wildman–Crippen MR) is 307 cm³/mol. The monoisotopic (exact) mass is 1100 g/mol. The van der Waals surface area contributed by atoms with E-state index in [0.717, 1.165) is 70.4 Å². The number of para-hydroxylation sites is 2. The minimum absolute atomic E-state index is 0.00817. The molecule has 15 heteroatoms. The molecule has 6 aromatic rings. The van der Waals surface area contributed by atoms with Gasteiger partial charge in [-0.05, 0) is 108 Å². The molecule has 79 heavy (non-hydrogen) atoms. The lowest BCUT2D eigenvalue weighted by Gasteiger charge is -2.45. The van der Waals surface area contributed by atoms with Crippen LogP contribution in [0.4, 0.5) is 27.4 Å². The molecule has 0 aromatic heterocycles. The van der Waals surface area contributed by atoms with E-state index in [1.54, 1.807) is 41.8 Å². The Morgan fingerprint density at radius 3 is 1.38 bits per heavy atom. The first kappa shape index (κ1) is 56.3. The fraction of sp³-hybridized carbons (Fsp3) is 0.438. The summed E-state index contributed by atoms with van der Waals surface area (Å²) in [7, 11) is 0. The molecule has 4 heterocycles. The SMILES string of the molecule is CCC(=O)CC1(F)C(=O)N(C2CCN(C3(C)Cc4cccc5cccc3c45)CC2)c2ccccc21.CCC(=O)CC1(O)C(=O)N(C2CCN(C3(C)Cc4cccc5cccc3c45)CC2)c2ccccc21.CCN(CC)S(F)(F)F. The summed E-state index contributed by atoms with van der Waals surface area (Å²) in [6.45, 7) is 14.7. The number of hydrogen-bond acceptors (Lipinski definition) is 8. The summed E-state index contributed by atoms with van der Waals surface area (Å²) >= 11 is -4.93. The third-order valence-electron chi connectivity index (χ3n) is 18.3. The van der Waals surface area contributed by atoms with Gasteiger partial charge in [-0.1, -0.05) is 137 Å². The first-order chi connectivity index (χ1) is 37.7. The number of carbonyl (C=O) groups excluding carboxylic acids is 4. The van der Waals surface area contributed by atoms with Crippen molar-refractivity contribution < 1.29 is 40.3 Å². The Labute approximate surface area is 464 Å². The number of piperidine rings is 2. The molecule has 2 aliphatic carbocycles. The van der Waals surface area contributed by atoms with Crippen LogP contribution in [-0.2, 0) is 54.4 Å². The quantitative estimate of drug-likeness (QED) is 0.114. The number of likely N-dealkylation sites (tertiary alicyclic amines) is 2. The molecule has 2 saturated heterocycles. The first-order valence-electron chi connectivity index (χ1n) is 28.3. The number of amides is 2. The molecule has 0 spiro atoms. The van der Waals surface area contributed by atoms with Crippen LogP contribution in [0.1, 0.15) is 126 Å². The van der Waals surface area contributed by atoms with Gasteiger partial charge in [0, 0.05) is 92.8 Å². The van der Waals surface area contributed by atoms with Crippen molar-refractivity contribution in [3.63, 3.8) is 0 Å². The van der Waals surface area contributed by atoms with Crippen molar-refractivity contribution in [3.05, 3.63) is 155 Å². The maximum absolute atomic E-state index is 16.2. The molecular formula is C64H73F4N5O5S. The van der Waals surface area contributed by atoms with Crippen molar-refractivity contribution in [2.45, 2.75) is 140 Å². The van der Waals surface area contributed by atoms with E-state index in [1.165, 1.54) is 57.6 Å². The van der Waals surface area contributed by atoms with Crippen LogP contribution < -0.4 is 9.80 Å². The Morgan fingerprint density at radius 1 is 0.557 bits per heavy atom. The Kier molecular flexibility index (Phi) is 15.6. The Morgan fingerprint density at radius 2 is 0.949 bits per heavy atom. The van der Waals surface area contributed by atoms with Crippen molar-refractivity contribution in [2.24, 2.45) is 0 Å². The van der Waals surface area contributed by atoms with E-state index in [0.29, 0.717) is 27.5 Å². The highest BCUT2D eigenvalue weighted by atomic mass is 32.3. The second-order valence-electron chi connectivity index (χ2n) is 22.7. The number of fused-ring (bicyclic) bond motifs is 2. The van der Waals surface area contributed by atoms with Crippen molar-refractivity contribution in [1.82, 2.24) is 14.1 Å². The van der Waals surface area contributed by atoms with Gasteiger partial charge < -0.3 is 14.9 Å². The zero-order chi connectivity index (χ0) is 56.2. The van der Waals surface area contributed by atoms with Crippen LogP contribution in [0.3, 0.4) is 0 Å². The number of benzene rings is 6. The van der Waals surface area contributed by atoms with Crippen LogP contribution >= 0.6 is 11.4 Å². The fourth-order valence-electron chi connectivity index (χ4n) is 14.0. The highest BCUT2D eigenvalue weighted by molar-refractivity contribution is 8.18. The predicted octanol–water partition coefficient (Wildman–Crippen LogP) is 13.0. The molecule has 10 nitrogen and oxygen atoms in total. The molecule has 12 rings (SSSR count). The van der Waals surface area contributed by atoms with Gasteiger partial charge in [-0.25, -0.2) is 4.39 Å². The smallest absolute Gasteiger partial charge is 0.278 e. The highest BCUT2D eigenvalue weighted by Crippen LogP contribution is 2.56. The Hall–Kier alpha value is -5.97. The van der Waals surface area contributed by atoms with Gasteiger partial charge in [0.2, 0.25) is 5.67 Å². The number of halogens is 4. The molecule has 2 amide bonds. The van der Waals surface area contributed by atoms with E-state index in [4.69, 9.17) is 0 Å². The molecule has 0 bridgehead atoms. The molecule has 0 radical (unpaired) electrons. The van der Waals surface area contributed by atoms with Crippen LogP contribution in [-0.4, -0.2) is 93.9 Å². The van der Waals surface area contributed by atoms with Gasteiger partial charge in [0.1, 0.15) is 11.6 Å². The van der Waals surface area contributed by atoms with E-state index >= 15 is 4.39 Å². The van der Waals surface area contributed by atoms with Crippen LogP contribution in [0, 0.1) is 0 Å². The topological polar surface area (TPSA) is 105 Å². The average molecular weight is 1100 g/mol. The second kappa shape index (κ2) is 21.8. The van der Waals surface area contributed by atoms with Gasteiger partial charge >= 0.3 is 0 Å². The molecule has 4 aliphatic heterocycles. The van der Waals surface area contributed by atoms with E-state index in [9.17, 15) is 35.9 Å².